The van der Waals surface area contributed by atoms with Gasteiger partial charge >= 0.3 is 0 Å². The Morgan fingerprint density at radius 2 is 1.75 bits per heavy atom. The van der Waals surface area contributed by atoms with Gasteiger partial charge in [-0.05, 0) is 43.5 Å². The van der Waals surface area contributed by atoms with Crippen LogP contribution in [-0.4, -0.2) is 15.0 Å². The Hall–Kier alpha value is -1.58. The van der Waals surface area contributed by atoms with E-state index in [9.17, 15) is 0 Å². The maximum atomic E-state index is 4.18. The fraction of sp³-hybridized carbons (Fsp3) is 0.625. The van der Waals surface area contributed by atoms with E-state index in [2.05, 4.69) is 55.4 Å². The first-order valence-electron chi connectivity index (χ1n) is 7.29. The van der Waals surface area contributed by atoms with E-state index in [1.807, 2.05) is 20.0 Å². The Bertz CT molecular complexity index is 447. The molecule has 0 aromatic carbocycles. The Balaban J connectivity index is 2.75. The van der Waals surface area contributed by atoms with Crippen LogP contribution in [0.3, 0.4) is 0 Å². The SMILES string of the molecule is CCC/C=C(\C=C/NC(C)(C)n1nccn1)C(C)(C)C. The average Bonchev–Trinajstić information content (AvgIpc) is 2.86. The smallest absolute Gasteiger partial charge is 0.144 e. The molecule has 4 heteroatoms. The first-order valence-corrected chi connectivity index (χ1v) is 7.29. The second-order valence-corrected chi connectivity index (χ2v) is 6.55. The lowest BCUT2D eigenvalue weighted by atomic mass is 9.85. The molecule has 0 saturated carbocycles. The molecule has 0 saturated heterocycles. The van der Waals surface area contributed by atoms with Crippen molar-refractivity contribution in [1.82, 2.24) is 20.3 Å². The van der Waals surface area contributed by atoms with Gasteiger partial charge in [-0.25, -0.2) is 0 Å². The van der Waals surface area contributed by atoms with E-state index in [0.717, 1.165) is 6.42 Å². The minimum Gasteiger partial charge on any atom is -0.366 e. The van der Waals surface area contributed by atoms with Crippen molar-refractivity contribution in [2.24, 2.45) is 5.41 Å². The third-order valence-electron chi connectivity index (χ3n) is 3.14. The predicted molar refractivity (Wildman–Crippen MR) is 84.1 cm³/mol. The van der Waals surface area contributed by atoms with Crippen LogP contribution in [0.15, 0.2) is 36.3 Å². The minimum atomic E-state index is -0.340. The van der Waals surface area contributed by atoms with Crippen LogP contribution in [0.4, 0.5) is 0 Å². The van der Waals surface area contributed by atoms with Crippen molar-refractivity contribution in [3.05, 3.63) is 36.3 Å². The molecule has 0 aliphatic heterocycles. The molecule has 0 bridgehead atoms. The molecule has 112 valence electrons. The van der Waals surface area contributed by atoms with E-state index >= 15 is 0 Å². The molecule has 4 nitrogen and oxygen atoms in total. The summed E-state index contributed by atoms with van der Waals surface area (Å²) in [7, 11) is 0. The summed E-state index contributed by atoms with van der Waals surface area (Å²) in [5, 5.41) is 11.7. The van der Waals surface area contributed by atoms with Gasteiger partial charge in [-0.2, -0.15) is 15.0 Å². The fourth-order valence-electron chi connectivity index (χ4n) is 1.82. The highest BCUT2D eigenvalue weighted by Crippen LogP contribution is 2.26. The van der Waals surface area contributed by atoms with Gasteiger partial charge < -0.3 is 5.32 Å². The first-order chi connectivity index (χ1) is 9.27. The van der Waals surface area contributed by atoms with Gasteiger partial charge in [0.15, 0.2) is 0 Å². The zero-order chi connectivity index (χ0) is 15.2. The molecule has 0 amide bonds. The van der Waals surface area contributed by atoms with Crippen molar-refractivity contribution in [3.63, 3.8) is 0 Å². The van der Waals surface area contributed by atoms with Gasteiger partial charge in [0.05, 0.1) is 12.4 Å². The summed E-state index contributed by atoms with van der Waals surface area (Å²) in [6.07, 6.45) is 12.1. The number of hydrogen-bond acceptors (Lipinski definition) is 3. The molecular formula is C16H28N4. The van der Waals surface area contributed by atoms with Gasteiger partial charge in [-0.15, -0.1) is 0 Å². The molecule has 1 aromatic rings. The lowest BCUT2D eigenvalue weighted by Gasteiger charge is -2.25. The van der Waals surface area contributed by atoms with E-state index in [4.69, 9.17) is 0 Å². The molecule has 20 heavy (non-hydrogen) atoms. The highest BCUT2D eigenvalue weighted by molar-refractivity contribution is 5.24. The van der Waals surface area contributed by atoms with Crippen LogP contribution < -0.4 is 5.32 Å². The summed E-state index contributed by atoms with van der Waals surface area (Å²) in [5.41, 5.74) is 1.16. The van der Waals surface area contributed by atoms with Crippen molar-refractivity contribution in [2.45, 2.75) is 60.0 Å². The Labute approximate surface area is 123 Å². The predicted octanol–water partition coefficient (Wildman–Crippen LogP) is 3.85. The number of aromatic nitrogens is 3. The zero-order valence-electron chi connectivity index (χ0n) is 13.6. The molecule has 1 aromatic heterocycles. The molecule has 0 aliphatic rings. The number of rotatable bonds is 6. The number of allylic oxidation sites excluding steroid dienone is 3. The van der Waals surface area contributed by atoms with Crippen molar-refractivity contribution in [3.8, 4) is 0 Å². The Kier molecular flexibility index (Phi) is 5.54. The molecular weight excluding hydrogens is 248 g/mol. The monoisotopic (exact) mass is 276 g/mol. The second-order valence-electron chi connectivity index (χ2n) is 6.55. The molecule has 0 unspecified atom stereocenters. The number of nitrogens with one attached hydrogen (secondary N) is 1. The standard InChI is InChI=1S/C16H28N4/c1-7-8-9-14(15(2,3)4)10-11-17-16(5,6)20-18-12-13-19-20/h9-13,17H,7-8H2,1-6H3/b11-10-,14-9+. The molecule has 0 aliphatic carbocycles. The normalized spacial score (nSPS) is 14.0. The van der Waals surface area contributed by atoms with Crippen LogP contribution in [0.1, 0.15) is 54.4 Å². The van der Waals surface area contributed by atoms with Crippen LogP contribution in [-0.2, 0) is 5.66 Å². The Morgan fingerprint density at radius 3 is 2.25 bits per heavy atom. The van der Waals surface area contributed by atoms with Gasteiger partial charge in [-0.1, -0.05) is 40.2 Å². The van der Waals surface area contributed by atoms with Gasteiger partial charge in [0, 0.05) is 0 Å². The van der Waals surface area contributed by atoms with Gasteiger partial charge in [-0.3, -0.25) is 0 Å². The molecule has 0 spiro atoms. The van der Waals surface area contributed by atoms with Gasteiger partial charge in [0.2, 0.25) is 0 Å². The highest BCUT2D eigenvalue weighted by atomic mass is 15.5. The van der Waals surface area contributed by atoms with Gasteiger partial charge in [0.25, 0.3) is 0 Å². The summed E-state index contributed by atoms with van der Waals surface area (Å²) in [5.74, 6) is 0. The van der Waals surface area contributed by atoms with Crippen molar-refractivity contribution in [2.75, 3.05) is 0 Å². The van der Waals surface area contributed by atoms with Crippen molar-refractivity contribution >= 4 is 0 Å². The maximum absolute atomic E-state index is 4.18. The maximum Gasteiger partial charge on any atom is 0.144 e. The fourth-order valence-corrected chi connectivity index (χ4v) is 1.82. The number of unbranched alkanes of at least 4 members (excludes halogenated alkanes) is 1. The number of hydrogen-bond donors (Lipinski definition) is 1. The van der Waals surface area contributed by atoms with Crippen LogP contribution in [0.5, 0.6) is 0 Å². The molecule has 0 fully saturated rings. The molecule has 0 atom stereocenters. The number of nitrogens with zero attached hydrogens (tertiary/aromatic N) is 3. The average molecular weight is 276 g/mol. The molecule has 1 rings (SSSR count). The third-order valence-corrected chi connectivity index (χ3v) is 3.14. The lowest BCUT2D eigenvalue weighted by Crippen LogP contribution is -2.40. The zero-order valence-corrected chi connectivity index (χ0v) is 13.6. The molecule has 1 heterocycles. The van der Waals surface area contributed by atoms with Crippen LogP contribution >= 0.6 is 0 Å². The summed E-state index contributed by atoms with van der Waals surface area (Å²) in [4.78, 5) is 1.67. The first kappa shape index (κ1) is 16.5. The van der Waals surface area contributed by atoms with Crippen LogP contribution in [0.2, 0.25) is 0 Å². The highest BCUT2D eigenvalue weighted by Gasteiger charge is 2.19. The van der Waals surface area contributed by atoms with Crippen LogP contribution in [0, 0.1) is 5.41 Å². The quantitative estimate of drug-likeness (QED) is 0.803. The molecule has 1 N–H and O–H groups in total. The van der Waals surface area contributed by atoms with E-state index in [1.165, 1.54) is 12.0 Å². The largest absolute Gasteiger partial charge is 0.366 e. The topological polar surface area (TPSA) is 42.7 Å². The van der Waals surface area contributed by atoms with Crippen LogP contribution in [0.25, 0.3) is 0 Å². The minimum absolute atomic E-state index is 0.154. The Morgan fingerprint density at radius 1 is 1.15 bits per heavy atom. The van der Waals surface area contributed by atoms with Crippen molar-refractivity contribution in [1.29, 1.82) is 0 Å². The molecule has 0 radical (unpaired) electrons. The summed E-state index contributed by atoms with van der Waals surface area (Å²) in [6, 6.07) is 0. The summed E-state index contributed by atoms with van der Waals surface area (Å²) < 4.78 is 0. The summed E-state index contributed by atoms with van der Waals surface area (Å²) in [6.45, 7) is 13.0. The van der Waals surface area contributed by atoms with E-state index in [1.54, 1.807) is 17.2 Å². The van der Waals surface area contributed by atoms with Gasteiger partial charge in [0.1, 0.15) is 5.66 Å². The van der Waals surface area contributed by atoms with Crippen molar-refractivity contribution < 1.29 is 0 Å². The van der Waals surface area contributed by atoms with E-state index in [0.29, 0.717) is 0 Å². The van der Waals surface area contributed by atoms with E-state index in [-0.39, 0.29) is 11.1 Å². The van der Waals surface area contributed by atoms with E-state index < -0.39 is 0 Å². The lowest BCUT2D eigenvalue weighted by molar-refractivity contribution is 0.245. The second kappa shape index (κ2) is 6.73. The summed E-state index contributed by atoms with van der Waals surface area (Å²) >= 11 is 0. The third kappa shape index (κ3) is 4.83.